The lowest BCUT2D eigenvalue weighted by Gasteiger charge is -2.21. The number of guanidine groups is 1. The summed E-state index contributed by atoms with van der Waals surface area (Å²) in [6.07, 6.45) is 1.24. The molecule has 1 aliphatic rings. The Kier molecular flexibility index (Phi) is 2.84. The van der Waals surface area contributed by atoms with E-state index in [2.05, 4.69) is 37.6 Å². The molecule has 1 saturated heterocycles. The summed E-state index contributed by atoms with van der Waals surface area (Å²) in [6, 6.07) is 0. The topological polar surface area (TPSA) is 41.6 Å². The standard InChI is InChI=1S/C10H21N3/c1-8-5-6-13(7-8)9(11)12-10(2,3)4/h8H,5-7H2,1-4H3,(H2,11,12). The average molecular weight is 183 g/mol. The first-order valence-corrected chi connectivity index (χ1v) is 4.99. The summed E-state index contributed by atoms with van der Waals surface area (Å²) in [5.41, 5.74) is 5.84. The number of aliphatic imine (C=N–C) groups is 1. The van der Waals surface area contributed by atoms with E-state index in [0.717, 1.165) is 19.0 Å². The highest BCUT2D eigenvalue weighted by atomic mass is 15.3. The van der Waals surface area contributed by atoms with Crippen LogP contribution in [0.15, 0.2) is 4.99 Å². The summed E-state index contributed by atoms with van der Waals surface area (Å²) in [6.45, 7) is 10.6. The highest BCUT2D eigenvalue weighted by Gasteiger charge is 2.21. The molecule has 0 aliphatic carbocycles. The van der Waals surface area contributed by atoms with Gasteiger partial charge in [0.05, 0.1) is 5.54 Å². The molecule has 0 radical (unpaired) electrons. The summed E-state index contributed by atoms with van der Waals surface area (Å²) < 4.78 is 0. The lowest BCUT2D eigenvalue weighted by molar-refractivity contribution is 0.471. The van der Waals surface area contributed by atoms with Gasteiger partial charge in [0.2, 0.25) is 0 Å². The Balaban J connectivity index is 2.58. The summed E-state index contributed by atoms with van der Waals surface area (Å²) >= 11 is 0. The van der Waals surface area contributed by atoms with Crippen molar-refractivity contribution in [3.63, 3.8) is 0 Å². The van der Waals surface area contributed by atoms with Crippen molar-refractivity contribution in [3.05, 3.63) is 0 Å². The van der Waals surface area contributed by atoms with Crippen molar-refractivity contribution in [2.45, 2.75) is 39.7 Å². The Hall–Kier alpha value is -0.730. The molecule has 0 saturated carbocycles. The normalized spacial score (nSPS) is 25.4. The maximum Gasteiger partial charge on any atom is 0.191 e. The number of hydrogen-bond donors (Lipinski definition) is 1. The average Bonchev–Trinajstić information content (AvgIpc) is 2.31. The molecule has 0 aromatic carbocycles. The van der Waals surface area contributed by atoms with Gasteiger partial charge in [-0.1, -0.05) is 6.92 Å². The molecule has 3 nitrogen and oxygen atoms in total. The van der Waals surface area contributed by atoms with Gasteiger partial charge in [-0.05, 0) is 33.1 Å². The van der Waals surface area contributed by atoms with E-state index in [9.17, 15) is 0 Å². The molecule has 1 unspecified atom stereocenters. The van der Waals surface area contributed by atoms with E-state index in [0.29, 0.717) is 5.96 Å². The van der Waals surface area contributed by atoms with Gasteiger partial charge in [-0.2, -0.15) is 0 Å². The largest absolute Gasteiger partial charge is 0.370 e. The molecule has 1 fully saturated rings. The fourth-order valence-electron chi connectivity index (χ4n) is 1.56. The predicted octanol–water partition coefficient (Wildman–Crippen LogP) is 1.44. The molecular formula is C10H21N3. The van der Waals surface area contributed by atoms with Crippen LogP contribution in [-0.2, 0) is 0 Å². The van der Waals surface area contributed by atoms with Crippen LogP contribution in [0.25, 0.3) is 0 Å². The van der Waals surface area contributed by atoms with Gasteiger partial charge < -0.3 is 10.6 Å². The molecule has 0 spiro atoms. The van der Waals surface area contributed by atoms with Crippen LogP contribution in [0.2, 0.25) is 0 Å². The number of nitrogens with two attached hydrogens (primary N) is 1. The summed E-state index contributed by atoms with van der Waals surface area (Å²) in [5, 5.41) is 0. The number of nitrogens with zero attached hydrogens (tertiary/aromatic N) is 2. The van der Waals surface area contributed by atoms with Gasteiger partial charge >= 0.3 is 0 Å². The van der Waals surface area contributed by atoms with Crippen molar-refractivity contribution in [2.75, 3.05) is 13.1 Å². The zero-order chi connectivity index (χ0) is 10.1. The Morgan fingerprint density at radius 2 is 2.08 bits per heavy atom. The first-order chi connectivity index (χ1) is 5.88. The van der Waals surface area contributed by atoms with E-state index in [1.807, 2.05) is 0 Å². The van der Waals surface area contributed by atoms with Gasteiger partial charge in [0.25, 0.3) is 0 Å². The molecule has 76 valence electrons. The van der Waals surface area contributed by atoms with Crippen LogP contribution in [-0.4, -0.2) is 29.5 Å². The fourth-order valence-corrected chi connectivity index (χ4v) is 1.56. The van der Waals surface area contributed by atoms with Crippen LogP contribution < -0.4 is 5.73 Å². The summed E-state index contributed by atoms with van der Waals surface area (Å²) in [5.74, 6) is 1.46. The molecule has 13 heavy (non-hydrogen) atoms. The van der Waals surface area contributed by atoms with Crippen LogP contribution in [0.5, 0.6) is 0 Å². The van der Waals surface area contributed by atoms with Gasteiger partial charge in [0.1, 0.15) is 0 Å². The van der Waals surface area contributed by atoms with Crippen molar-refractivity contribution in [1.29, 1.82) is 0 Å². The monoisotopic (exact) mass is 183 g/mol. The van der Waals surface area contributed by atoms with Gasteiger partial charge in [0, 0.05) is 13.1 Å². The van der Waals surface area contributed by atoms with Crippen molar-refractivity contribution in [3.8, 4) is 0 Å². The van der Waals surface area contributed by atoms with E-state index >= 15 is 0 Å². The Labute approximate surface area is 81.0 Å². The minimum absolute atomic E-state index is 0.0596. The van der Waals surface area contributed by atoms with E-state index in [1.165, 1.54) is 6.42 Å². The maximum absolute atomic E-state index is 5.90. The third-order valence-corrected chi connectivity index (χ3v) is 2.20. The lowest BCUT2D eigenvalue weighted by Crippen LogP contribution is -2.37. The molecule has 1 heterocycles. The minimum Gasteiger partial charge on any atom is -0.370 e. The molecule has 0 bridgehead atoms. The van der Waals surface area contributed by atoms with Gasteiger partial charge in [-0.25, -0.2) is 4.99 Å². The number of hydrogen-bond acceptors (Lipinski definition) is 1. The third-order valence-electron chi connectivity index (χ3n) is 2.20. The first-order valence-electron chi connectivity index (χ1n) is 4.99. The molecule has 1 rings (SSSR count). The van der Waals surface area contributed by atoms with E-state index in [1.54, 1.807) is 0 Å². The zero-order valence-electron chi connectivity index (χ0n) is 9.17. The van der Waals surface area contributed by atoms with Gasteiger partial charge in [-0.15, -0.1) is 0 Å². The van der Waals surface area contributed by atoms with Crippen LogP contribution in [0.4, 0.5) is 0 Å². The predicted molar refractivity (Wildman–Crippen MR) is 56.7 cm³/mol. The smallest absolute Gasteiger partial charge is 0.191 e. The Bertz CT molecular complexity index is 203. The quantitative estimate of drug-likeness (QED) is 0.456. The number of rotatable bonds is 0. The minimum atomic E-state index is -0.0596. The van der Waals surface area contributed by atoms with Crippen molar-refractivity contribution in [1.82, 2.24) is 4.90 Å². The lowest BCUT2D eigenvalue weighted by atomic mass is 10.1. The van der Waals surface area contributed by atoms with E-state index in [-0.39, 0.29) is 5.54 Å². The van der Waals surface area contributed by atoms with Crippen LogP contribution in [0.1, 0.15) is 34.1 Å². The number of likely N-dealkylation sites (tertiary alicyclic amines) is 1. The highest BCUT2D eigenvalue weighted by molar-refractivity contribution is 5.78. The highest BCUT2D eigenvalue weighted by Crippen LogP contribution is 2.15. The molecular weight excluding hydrogens is 162 g/mol. The van der Waals surface area contributed by atoms with Crippen LogP contribution in [0.3, 0.4) is 0 Å². The molecule has 0 aromatic heterocycles. The second-order valence-electron chi connectivity index (χ2n) is 4.98. The molecule has 3 heteroatoms. The molecule has 1 atom stereocenters. The van der Waals surface area contributed by atoms with Gasteiger partial charge in [0.15, 0.2) is 5.96 Å². The fraction of sp³-hybridized carbons (Fsp3) is 0.900. The van der Waals surface area contributed by atoms with Crippen molar-refractivity contribution < 1.29 is 0 Å². The second-order valence-corrected chi connectivity index (χ2v) is 4.98. The van der Waals surface area contributed by atoms with Gasteiger partial charge in [-0.3, -0.25) is 0 Å². The van der Waals surface area contributed by atoms with E-state index < -0.39 is 0 Å². The molecule has 0 amide bonds. The Morgan fingerprint density at radius 3 is 2.46 bits per heavy atom. The van der Waals surface area contributed by atoms with E-state index in [4.69, 9.17) is 5.73 Å². The van der Waals surface area contributed by atoms with Crippen LogP contribution >= 0.6 is 0 Å². The van der Waals surface area contributed by atoms with Crippen molar-refractivity contribution in [2.24, 2.45) is 16.6 Å². The molecule has 1 aliphatic heterocycles. The summed E-state index contributed by atoms with van der Waals surface area (Å²) in [4.78, 5) is 6.62. The van der Waals surface area contributed by atoms with Crippen LogP contribution in [0, 0.1) is 5.92 Å². The summed E-state index contributed by atoms with van der Waals surface area (Å²) in [7, 11) is 0. The zero-order valence-corrected chi connectivity index (χ0v) is 9.17. The maximum atomic E-state index is 5.90. The van der Waals surface area contributed by atoms with Crippen molar-refractivity contribution >= 4 is 5.96 Å². The SMILES string of the molecule is CC1CCN(C(N)=NC(C)(C)C)C1. The third kappa shape index (κ3) is 3.25. The Morgan fingerprint density at radius 1 is 1.46 bits per heavy atom. The first kappa shape index (κ1) is 10.4. The molecule has 0 aromatic rings. The molecule has 2 N–H and O–H groups in total. The second kappa shape index (κ2) is 3.56.